The lowest BCUT2D eigenvalue weighted by molar-refractivity contribution is 0.187. The van der Waals surface area contributed by atoms with Gasteiger partial charge in [-0.3, -0.25) is 0 Å². The molecule has 0 fully saturated rings. The van der Waals surface area contributed by atoms with Crippen LogP contribution >= 0.6 is 0 Å². The van der Waals surface area contributed by atoms with Crippen molar-refractivity contribution >= 4 is 0 Å². The molecule has 0 saturated carbocycles. The zero-order valence-electron chi connectivity index (χ0n) is 6.32. The summed E-state index contributed by atoms with van der Waals surface area (Å²) >= 11 is 0. The van der Waals surface area contributed by atoms with Crippen molar-refractivity contribution in [3.05, 3.63) is 18.2 Å². The van der Waals surface area contributed by atoms with Gasteiger partial charge >= 0.3 is 0 Å². The van der Waals surface area contributed by atoms with Crippen LogP contribution in [0.15, 0.2) is 12.5 Å². The lowest BCUT2D eigenvalue weighted by atomic mass is 10.5. The molecule has 1 heterocycles. The number of aromatic nitrogens is 2. The molecule has 0 radical (unpaired) electrons. The monoisotopic (exact) mass is 151 g/mol. The SMILES string of the molecule is COCCn1cnc(C#N)c1. The lowest BCUT2D eigenvalue weighted by Crippen LogP contribution is -2.00. The maximum absolute atomic E-state index is 8.42. The quantitative estimate of drug-likeness (QED) is 0.628. The van der Waals surface area contributed by atoms with Gasteiger partial charge < -0.3 is 9.30 Å². The number of hydrogen-bond donors (Lipinski definition) is 0. The minimum atomic E-state index is 0.445. The van der Waals surface area contributed by atoms with Crippen LogP contribution < -0.4 is 0 Å². The fourth-order valence-electron chi connectivity index (χ4n) is 0.737. The summed E-state index contributed by atoms with van der Waals surface area (Å²) in [4.78, 5) is 3.83. The predicted molar refractivity (Wildman–Crippen MR) is 38.8 cm³/mol. The molecule has 58 valence electrons. The van der Waals surface area contributed by atoms with Crippen LogP contribution in [0.25, 0.3) is 0 Å². The van der Waals surface area contributed by atoms with Gasteiger partial charge in [0.1, 0.15) is 6.07 Å². The summed E-state index contributed by atoms with van der Waals surface area (Å²) < 4.78 is 6.68. The second-order valence-corrected chi connectivity index (χ2v) is 2.10. The van der Waals surface area contributed by atoms with E-state index in [4.69, 9.17) is 10.00 Å². The van der Waals surface area contributed by atoms with Gasteiger partial charge in [-0.1, -0.05) is 0 Å². The molecule has 1 rings (SSSR count). The molecule has 0 saturated heterocycles. The Morgan fingerprint density at radius 2 is 2.64 bits per heavy atom. The largest absolute Gasteiger partial charge is 0.383 e. The molecule has 4 heteroatoms. The number of ether oxygens (including phenoxy) is 1. The first-order valence-electron chi connectivity index (χ1n) is 3.27. The first kappa shape index (κ1) is 7.76. The first-order chi connectivity index (χ1) is 5.36. The molecule has 0 spiro atoms. The Bertz CT molecular complexity index is 261. The predicted octanol–water partition coefficient (Wildman–Crippen LogP) is 0.401. The summed E-state index contributed by atoms with van der Waals surface area (Å²) in [6.45, 7) is 1.38. The minimum Gasteiger partial charge on any atom is -0.383 e. The van der Waals surface area contributed by atoms with Gasteiger partial charge in [-0.15, -0.1) is 0 Å². The molecular formula is C7H9N3O. The second-order valence-electron chi connectivity index (χ2n) is 2.10. The van der Waals surface area contributed by atoms with Gasteiger partial charge in [0.2, 0.25) is 0 Å². The molecule has 0 atom stereocenters. The standard InChI is InChI=1S/C7H9N3O/c1-11-3-2-10-5-7(4-8)9-6-10/h5-6H,2-3H2,1H3. The average molecular weight is 151 g/mol. The van der Waals surface area contributed by atoms with Crippen LogP contribution in [0.1, 0.15) is 5.69 Å². The molecular weight excluding hydrogens is 142 g/mol. The summed E-state index contributed by atoms with van der Waals surface area (Å²) in [7, 11) is 1.64. The third kappa shape index (κ3) is 2.06. The van der Waals surface area contributed by atoms with Crippen molar-refractivity contribution in [2.24, 2.45) is 0 Å². The fourth-order valence-corrected chi connectivity index (χ4v) is 0.737. The third-order valence-electron chi connectivity index (χ3n) is 1.30. The molecule has 0 aliphatic rings. The van der Waals surface area contributed by atoms with E-state index in [-0.39, 0.29) is 0 Å². The van der Waals surface area contributed by atoms with Gasteiger partial charge in [0.15, 0.2) is 5.69 Å². The highest BCUT2D eigenvalue weighted by molar-refractivity contribution is 5.15. The zero-order valence-corrected chi connectivity index (χ0v) is 6.32. The molecule has 1 aromatic heterocycles. The van der Waals surface area contributed by atoms with Crippen molar-refractivity contribution in [1.82, 2.24) is 9.55 Å². The van der Waals surface area contributed by atoms with E-state index in [9.17, 15) is 0 Å². The number of nitrogens with zero attached hydrogens (tertiary/aromatic N) is 3. The Kier molecular flexibility index (Phi) is 2.64. The van der Waals surface area contributed by atoms with Crippen LogP contribution in [0, 0.1) is 11.3 Å². The highest BCUT2D eigenvalue weighted by Gasteiger charge is 1.94. The minimum absolute atomic E-state index is 0.445. The second kappa shape index (κ2) is 3.74. The van der Waals surface area contributed by atoms with E-state index in [0.29, 0.717) is 12.3 Å². The molecule has 0 aromatic carbocycles. The van der Waals surface area contributed by atoms with E-state index in [1.165, 1.54) is 0 Å². The van der Waals surface area contributed by atoms with E-state index in [0.717, 1.165) is 6.54 Å². The Labute approximate surface area is 65.0 Å². The normalized spacial score (nSPS) is 9.45. The van der Waals surface area contributed by atoms with Gasteiger partial charge in [0.05, 0.1) is 12.9 Å². The number of rotatable bonds is 3. The van der Waals surface area contributed by atoms with Crippen LogP contribution in [0.5, 0.6) is 0 Å². The van der Waals surface area contributed by atoms with Crippen LogP contribution in [-0.4, -0.2) is 23.3 Å². The first-order valence-corrected chi connectivity index (χ1v) is 3.27. The van der Waals surface area contributed by atoms with Crippen molar-refractivity contribution in [3.8, 4) is 6.07 Å². The van der Waals surface area contributed by atoms with E-state index in [1.54, 1.807) is 19.6 Å². The van der Waals surface area contributed by atoms with Gasteiger partial charge in [-0.05, 0) is 0 Å². The number of nitriles is 1. The summed E-state index contributed by atoms with van der Waals surface area (Å²) in [6, 6.07) is 1.95. The number of methoxy groups -OCH3 is 1. The Hall–Kier alpha value is -1.34. The molecule has 0 aliphatic carbocycles. The maximum Gasteiger partial charge on any atom is 0.158 e. The molecule has 0 unspecified atom stereocenters. The summed E-state index contributed by atoms with van der Waals surface area (Å²) in [5.74, 6) is 0. The molecule has 0 N–H and O–H groups in total. The van der Waals surface area contributed by atoms with Crippen molar-refractivity contribution in [3.63, 3.8) is 0 Å². The van der Waals surface area contributed by atoms with Crippen LogP contribution in [0.4, 0.5) is 0 Å². The molecule has 0 aliphatic heterocycles. The van der Waals surface area contributed by atoms with Crippen LogP contribution in [0.2, 0.25) is 0 Å². The van der Waals surface area contributed by atoms with Gasteiger partial charge in [-0.25, -0.2) is 4.98 Å². The van der Waals surface area contributed by atoms with Gasteiger partial charge in [0.25, 0.3) is 0 Å². The molecule has 0 bridgehead atoms. The molecule has 0 amide bonds. The third-order valence-corrected chi connectivity index (χ3v) is 1.30. The van der Waals surface area contributed by atoms with E-state index < -0.39 is 0 Å². The van der Waals surface area contributed by atoms with Gasteiger partial charge in [0, 0.05) is 19.9 Å². The number of hydrogen-bond acceptors (Lipinski definition) is 3. The van der Waals surface area contributed by atoms with E-state index in [1.807, 2.05) is 10.6 Å². The average Bonchev–Trinajstić information content (AvgIpc) is 2.48. The van der Waals surface area contributed by atoms with Crippen molar-refractivity contribution in [2.75, 3.05) is 13.7 Å². The summed E-state index contributed by atoms with van der Waals surface area (Å²) in [6.07, 6.45) is 3.32. The smallest absolute Gasteiger partial charge is 0.158 e. The van der Waals surface area contributed by atoms with Crippen molar-refractivity contribution in [2.45, 2.75) is 6.54 Å². The Morgan fingerprint density at radius 1 is 1.82 bits per heavy atom. The molecule has 1 aromatic rings. The van der Waals surface area contributed by atoms with Gasteiger partial charge in [-0.2, -0.15) is 5.26 Å². The van der Waals surface area contributed by atoms with Crippen LogP contribution in [0.3, 0.4) is 0 Å². The molecule has 4 nitrogen and oxygen atoms in total. The maximum atomic E-state index is 8.42. The zero-order chi connectivity index (χ0) is 8.10. The van der Waals surface area contributed by atoms with Crippen molar-refractivity contribution < 1.29 is 4.74 Å². The highest BCUT2D eigenvalue weighted by atomic mass is 16.5. The summed E-state index contributed by atoms with van der Waals surface area (Å²) in [5, 5.41) is 8.42. The van der Waals surface area contributed by atoms with E-state index in [2.05, 4.69) is 4.98 Å². The Balaban J connectivity index is 2.53. The summed E-state index contributed by atoms with van der Waals surface area (Å²) in [5.41, 5.74) is 0.445. The van der Waals surface area contributed by atoms with Crippen molar-refractivity contribution in [1.29, 1.82) is 5.26 Å². The Morgan fingerprint density at radius 3 is 3.18 bits per heavy atom. The van der Waals surface area contributed by atoms with Crippen LogP contribution in [-0.2, 0) is 11.3 Å². The topological polar surface area (TPSA) is 50.8 Å². The van der Waals surface area contributed by atoms with E-state index >= 15 is 0 Å². The number of imidazole rings is 1. The fraction of sp³-hybridized carbons (Fsp3) is 0.429. The molecule has 11 heavy (non-hydrogen) atoms. The lowest BCUT2D eigenvalue weighted by Gasteiger charge is -1.97. The highest BCUT2D eigenvalue weighted by Crippen LogP contribution is 1.92.